The number of amides is 1. The number of likely N-dealkylation sites (tertiary alicyclic amines) is 1. The van der Waals surface area contributed by atoms with Crippen molar-refractivity contribution in [1.29, 1.82) is 0 Å². The van der Waals surface area contributed by atoms with Crippen molar-refractivity contribution in [2.24, 2.45) is 17.8 Å². The van der Waals surface area contributed by atoms with E-state index in [0.29, 0.717) is 17.8 Å². The van der Waals surface area contributed by atoms with Gasteiger partial charge in [0.15, 0.2) is 18.2 Å². The van der Waals surface area contributed by atoms with Crippen molar-refractivity contribution in [2.45, 2.75) is 124 Å². The summed E-state index contributed by atoms with van der Waals surface area (Å²) < 4.78 is 11.9. The lowest BCUT2D eigenvalue weighted by molar-refractivity contribution is -0.161. The number of ketones is 1. The molecule has 2 rings (SSSR count). The molecule has 0 bridgehead atoms. The third-order valence-electron chi connectivity index (χ3n) is 8.39. The normalized spacial score (nSPS) is 18.7. The van der Waals surface area contributed by atoms with Gasteiger partial charge in [-0.1, -0.05) is 47.5 Å². The number of aromatic carboxylic acids is 1. The van der Waals surface area contributed by atoms with Crippen LogP contribution in [-0.4, -0.2) is 82.0 Å². The van der Waals surface area contributed by atoms with Crippen LogP contribution in [0.25, 0.3) is 0 Å². The molecular formula is C32H53N3O7S. The fourth-order valence-corrected chi connectivity index (χ4v) is 6.50. The second kappa shape index (κ2) is 17.8. The topological polar surface area (TPSA) is 126 Å². The minimum absolute atomic E-state index is 0.0529. The lowest BCUT2D eigenvalue weighted by Gasteiger charge is -2.39. The van der Waals surface area contributed by atoms with Crippen molar-refractivity contribution in [3.8, 4) is 0 Å². The zero-order chi connectivity index (χ0) is 32.3. The van der Waals surface area contributed by atoms with Crippen molar-refractivity contribution < 1.29 is 33.8 Å². The first kappa shape index (κ1) is 36.8. The molecule has 0 spiro atoms. The fourth-order valence-electron chi connectivity index (χ4n) is 5.66. The van der Waals surface area contributed by atoms with E-state index >= 15 is 0 Å². The van der Waals surface area contributed by atoms with E-state index in [9.17, 15) is 24.3 Å². The van der Waals surface area contributed by atoms with Crippen molar-refractivity contribution in [3.63, 3.8) is 0 Å². The van der Waals surface area contributed by atoms with Gasteiger partial charge >= 0.3 is 11.9 Å². The van der Waals surface area contributed by atoms with Crippen molar-refractivity contribution >= 4 is 35.0 Å². The van der Waals surface area contributed by atoms with Gasteiger partial charge in [0.05, 0.1) is 12.1 Å². The molecule has 1 aromatic rings. The molecule has 0 aliphatic carbocycles. The predicted molar refractivity (Wildman–Crippen MR) is 167 cm³/mol. The molecule has 43 heavy (non-hydrogen) atoms. The quantitative estimate of drug-likeness (QED) is 0.156. The van der Waals surface area contributed by atoms with E-state index in [2.05, 4.69) is 9.88 Å². The van der Waals surface area contributed by atoms with Crippen LogP contribution in [0.2, 0.25) is 0 Å². The van der Waals surface area contributed by atoms with Crippen molar-refractivity contribution in [3.05, 3.63) is 16.1 Å². The van der Waals surface area contributed by atoms with E-state index in [1.165, 1.54) is 16.7 Å². The number of carboxylic acid groups (broad SMARTS) is 1. The Morgan fingerprint density at radius 3 is 2.37 bits per heavy atom. The van der Waals surface area contributed by atoms with Crippen molar-refractivity contribution in [2.75, 3.05) is 20.3 Å². The third kappa shape index (κ3) is 10.9. The van der Waals surface area contributed by atoms with Gasteiger partial charge in [-0.2, -0.15) is 0 Å². The van der Waals surface area contributed by atoms with Gasteiger partial charge in [-0.25, -0.2) is 9.78 Å². The van der Waals surface area contributed by atoms with E-state index in [1.54, 1.807) is 4.90 Å². The number of hydrogen-bond acceptors (Lipinski definition) is 9. The van der Waals surface area contributed by atoms with Crippen LogP contribution in [0.15, 0.2) is 5.38 Å². The monoisotopic (exact) mass is 623 g/mol. The van der Waals surface area contributed by atoms with Crippen molar-refractivity contribution in [1.82, 2.24) is 14.8 Å². The van der Waals surface area contributed by atoms with Gasteiger partial charge in [0.25, 0.3) is 0 Å². The zero-order valence-electron chi connectivity index (χ0n) is 27.3. The number of hydrogen-bond donors (Lipinski definition) is 1. The van der Waals surface area contributed by atoms with Crippen LogP contribution in [0, 0.1) is 17.8 Å². The second-order valence-corrected chi connectivity index (χ2v) is 13.3. The van der Waals surface area contributed by atoms with Crippen LogP contribution in [0.4, 0.5) is 0 Å². The highest BCUT2D eigenvalue weighted by atomic mass is 32.1. The summed E-state index contributed by atoms with van der Waals surface area (Å²) >= 11 is 1.21. The van der Waals surface area contributed by atoms with Crippen LogP contribution >= 0.6 is 11.3 Å². The Labute approximate surface area is 261 Å². The molecule has 2 heterocycles. The van der Waals surface area contributed by atoms with E-state index in [4.69, 9.17) is 9.47 Å². The van der Waals surface area contributed by atoms with Crippen LogP contribution in [0.3, 0.4) is 0 Å². The molecule has 1 unspecified atom stereocenters. The maximum absolute atomic E-state index is 14.5. The molecule has 11 heteroatoms. The third-order valence-corrected chi connectivity index (χ3v) is 9.33. The number of aromatic nitrogens is 1. The van der Waals surface area contributed by atoms with Crippen LogP contribution in [0.1, 0.15) is 121 Å². The number of esters is 1. The minimum atomic E-state index is -1.12. The summed E-state index contributed by atoms with van der Waals surface area (Å²) in [5.41, 5.74) is -0.0529. The Kier molecular flexibility index (Phi) is 15.2. The van der Waals surface area contributed by atoms with Gasteiger partial charge in [-0.15, -0.1) is 11.3 Å². The molecule has 5 atom stereocenters. The number of ether oxygens (including phenoxy) is 2. The fraction of sp³-hybridized carbons (Fsp3) is 0.781. The smallest absolute Gasteiger partial charge is 0.355 e. The summed E-state index contributed by atoms with van der Waals surface area (Å²) in [6.07, 6.45) is 4.14. The molecule has 1 aliphatic rings. The number of piperidine rings is 1. The molecule has 1 saturated heterocycles. The largest absolute Gasteiger partial charge is 0.476 e. The minimum Gasteiger partial charge on any atom is -0.476 e. The zero-order valence-corrected chi connectivity index (χ0v) is 28.2. The number of likely N-dealkylation sites (N-methyl/N-ethyl adjacent to an activating group) is 1. The van der Waals surface area contributed by atoms with E-state index < -0.39 is 24.0 Å². The Balaban J connectivity index is 2.47. The second-order valence-electron chi connectivity index (χ2n) is 12.5. The van der Waals surface area contributed by atoms with E-state index in [0.717, 1.165) is 32.2 Å². The highest BCUT2D eigenvalue weighted by Crippen LogP contribution is 2.34. The number of carbonyl (C=O) groups excluding carboxylic acids is 3. The van der Waals surface area contributed by atoms with Crippen LogP contribution < -0.4 is 0 Å². The number of rotatable bonds is 18. The lowest BCUT2D eigenvalue weighted by atomic mass is 9.82. The Morgan fingerprint density at radius 2 is 1.84 bits per heavy atom. The van der Waals surface area contributed by atoms with Gasteiger partial charge in [0, 0.05) is 36.6 Å². The summed E-state index contributed by atoms with van der Waals surface area (Å²) in [5.74, 6) is -2.33. The average Bonchev–Trinajstić information content (AvgIpc) is 3.45. The number of Topliss-reactive ketones (excluding diaryl/α,β-unsaturated/α-hetero) is 1. The molecule has 0 aromatic carbocycles. The van der Waals surface area contributed by atoms with Gasteiger partial charge in [0.1, 0.15) is 11.1 Å². The molecule has 0 saturated carbocycles. The van der Waals surface area contributed by atoms with Crippen LogP contribution in [-0.2, 0) is 23.9 Å². The molecule has 244 valence electrons. The summed E-state index contributed by atoms with van der Waals surface area (Å²) in [6, 6.07) is -0.621. The standard InChI is InChI=1S/C32H53N3O7S/c1-9-13-29(37)41-19-35(31(38)23(22(7)10-2)16-27(36)25-14-11-12-15-34(25)8)26(20(3)4)17-28(42-21(5)6)30-33-24(18-43-30)32(39)40/h18,20-23,25-26,28H,9-17,19H2,1-8H3,(H,39,40)/t22-,23-,25?,26+,28+/m0/s1. The summed E-state index contributed by atoms with van der Waals surface area (Å²) in [4.78, 5) is 60.2. The highest BCUT2D eigenvalue weighted by molar-refractivity contribution is 7.09. The van der Waals surface area contributed by atoms with E-state index in [-0.39, 0.29) is 66.9 Å². The van der Waals surface area contributed by atoms with Gasteiger partial charge in [-0.05, 0) is 58.5 Å². The number of carboxylic acids is 1. The number of carbonyl (C=O) groups is 4. The summed E-state index contributed by atoms with van der Waals surface area (Å²) in [5, 5.41) is 11.5. The molecule has 1 N–H and O–H groups in total. The first-order chi connectivity index (χ1) is 20.3. The molecule has 1 amide bonds. The molecule has 1 aromatic heterocycles. The first-order valence-corrected chi connectivity index (χ1v) is 16.7. The van der Waals surface area contributed by atoms with Gasteiger partial charge in [-0.3, -0.25) is 19.3 Å². The molecule has 0 radical (unpaired) electrons. The molecule has 10 nitrogen and oxygen atoms in total. The predicted octanol–water partition coefficient (Wildman–Crippen LogP) is 5.96. The molecule has 1 fully saturated rings. The lowest BCUT2D eigenvalue weighted by Crippen LogP contribution is -2.50. The van der Waals surface area contributed by atoms with Gasteiger partial charge in [0.2, 0.25) is 5.91 Å². The summed E-state index contributed by atoms with van der Waals surface area (Å²) in [7, 11) is 1.97. The molecule has 1 aliphatic heterocycles. The Hall–Kier alpha value is -2.37. The van der Waals surface area contributed by atoms with Crippen LogP contribution in [0.5, 0.6) is 0 Å². The first-order valence-electron chi connectivity index (χ1n) is 15.8. The number of thiazole rings is 1. The average molecular weight is 624 g/mol. The Bertz CT molecular complexity index is 1060. The summed E-state index contributed by atoms with van der Waals surface area (Å²) in [6.45, 7) is 14.3. The van der Waals surface area contributed by atoms with E-state index in [1.807, 2.05) is 55.5 Å². The maximum atomic E-state index is 14.5. The highest BCUT2D eigenvalue weighted by Gasteiger charge is 2.39. The Morgan fingerprint density at radius 1 is 1.14 bits per heavy atom. The number of nitrogens with zero attached hydrogens (tertiary/aromatic N) is 3. The maximum Gasteiger partial charge on any atom is 0.355 e. The molecular weight excluding hydrogens is 570 g/mol. The van der Waals surface area contributed by atoms with Gasteiger partial charge < -0.3 is 19.5 Å². The SMILES string of the molecule is CCCC(=O)OCN(C(=O)[C@@H](CC(=O)C1CCCCN1C)[C@@H](C)CC)[C@H](C[C@@H](OC(C)C)c1nc(C(=O)O)cs1)C(C)C.